The summed E-state index contributed by atoms with van der Waals surface area (Å²) in [5, 5.41) is 0. The van der Waals surface area contributed by atoms with Gasteiger partial charge < -0.3 is 0 Å². The Morgan fingerprint density at radius 1 is 0.600 bits per heavy atom. The lowest BCUT2D eigenvalue weighted by Gasteiger charge is -2.17. The molecule has 0 aromatic heterocycles. The molecule has 2 unspecified atom stereocenters. The maximum absolute atomic E-state index is 2.44. The lowest BCUT2D eigenvalue weighted by Crippen LogP contribution is -2.03. The second-order valence-corrected chi connectivity index (χ2v) is 5.46. The summed E-state index contributed by atoms with van der Waals surface area (Å²) in [6.45, 7) is 11.8. The highest BCUT2D eigenvalue weighted by atomic mass is 14.1. The molecule has 0 aliphatic heterocycles. The van der Waals surface area contributed by atoms with Crippen molar-refractivity contribution in [2.75, 3.05) is 0 Å². The van der Waals surface area contributed by atoms with Crippen LogP contribution >= 0.6 is 0 Å². The SMILES string of the molecule is CCC(C)CCC(C)CCC(CC)CC. The third-order valence-electron chi connectivity index (χ3n) is 4.07. The van der Waals surface area contributed by atoms with Crippen molar-refractivity contribution in [1.29, 1.82) is 0 Å². The van der Waals surface area contributed by atoms with E-state index >= 15 is 0 Å². The summed E-state index contributed by atoms with van der Waals surface area (Å²) in [7, 11) is 0. The largest absolute Gasteiger partial charge is 0.0651 e. The van der Waals surface area contributed by atoms with Crippen molar-refractivity contribution in [3.05, 3.63) is 0 Å². The number of hydrogen-bond donors (Lipinski definition) is 0. The molecule has 0 aromatic carbocycles. The van der Waals surface area contributed by atoms with Gasteiger partial charge in [-0.25, -0.2) is 0 Å². The van der Waals surface area contributed by atoms with Crippen molar-refractivity contribution in [3.63, 3.8) is 0 Å². The molecule has 0 nitrogen and oxygen atoms in total. The molecule has 0 saturated heterocycles. The minimum atomic E-state index is 0.931. The normalized spacial score (nSPS) is 15.6. The average Bonchev–Trinajstić information content (AvgIpc) is 2.27. The second-order valence-electron chi connectivity index (χ2n) is 5.46. The maximum Gasteiger partial charge on any atom is -0.0419 e. The van der Waals surface area contributed by atoms with Crippen molar-refractivity contribution in [2.45, 2.75) is 79.6 Å². The van der Waals surface area contributed by atoms with Gasteiger partial charge in [0.15, 0.2) is 0 Å². The minimum Gasteiger partial charge on any atom is -0.0651 e. The summed E-state index contributed by atoms with van der Waals surface area (Å²) in [4.78, 5) is 0. The molecule has 0 bridgehead atoms. The van der Waals surface area contributed by atoms with E-state index in [9.17, 15) is 0 Å². The van der Waals surface area contributed by atoms with Crippen molar-refractivity contribution >= 4 is 0 Å². The average molecular weight is 212 g/mol. The van der Waals surface area contributed by atoms with Crippen molar-refractivity contribution in [3.8, 4) is 0 Å². The van der Waals surface area contributed by atoms with Gasteiger partial charge in [-0.3, -0.25) is 0 Å². The Morgan fingerprint density at radius 2 is 1.07 bits per heavy atom. The van der Waals surface area contributed by atoms with E-state index in [1.807, 2.05) is 0 Å². The van der Waals surface area contributed by atoms with Gasteiger partial charge >= 0.3 is 0 Å². The summed E-state index contributed by atoms with van der Waals surface area (Å²) < 4.78 is 0. The zero-order valence-corrected chi connectivity index (χ0v) is 11.7. The van der Waals surface area contributed by atoms with Crippen LogP contribution in [0.25, 0.3) is 0 Å². The van der Waals surface area contributed by atoms with Gasteiger partial charge in [0, 0.05) is 0 Å². The molecule has 0 amide bonds. The van der Waals surface area contributed by atoms with Gasteiger partial charge in [-0.15, -0.1) is 0 Å². The van der Waals surface area contributed by atoms with E-state index in [0.717, 1.165) is 17.8 Å². The predicted octanol–water partition coefficient (Wildman–Crippen LogP) is 5.67. The highest BCUT2D eigenvalue weighted by Gasteiger charge is 2.08. The molecule has 0 saturated carbocycles. The fourth-order valence-corrected chi connectivity index (χ4v) is 2.13. The molecule has 0 fully saturated rings. The molecule has 0 aliphatic carbocycles. The van der Waals surface area contributed by atoms with Crippen LogP contribution in [0.3, 0.4) is 0 Å². The minimum absolute atomic E-state index is 0.931. The van der Waals surface area contributed by atoms with E-state index in [1.165, 1.54) is 44.9 Å². The van der Waals surface area contributed by atoms with E-state index in [4.69, 9.17) is 0 Å². The van der Waals surface area contributed by atoms with E-state index in [-0.39, 0.29) is 0 Å². The molecule has 0 spiro atoms. The molecule has 0 rings (SSSR count). The van der Waals surface area contributed by atoms with Crippen LogP contribution in [0.2, 0.25) is 0 Å². The van der Waals surface area contributed by atoms with Gasteiger partial charge in [0.1, 0.15) is 0 Å². The molecule has 0 N–H and O–H groups in total. The van der Waals surface area contributed by atoms with Crippen LogP contribution in [-0.4, -0.2) is 0 Å². The van der Waals surface area contributed by atoms with E-state index in [2.05, 4.69) is 34.6 Å². The quantitative estimate of drug-likeness (QED) is 0.462. The van der Waals surface area contributed by atoms with E-state index < -0.39 is 0 Å². The van der Waals surface area contributed by atoms with Crippen LogP contribution in [0.4, 0.5) is 0 Å². The van der Waals surface area contributed by atoms with Crippen LogP contribution in [0.1, 0.15) is 79.6 Å². The Hall–Kier alpha value is 0. The molecule has 0 heterocycles. The van der Waals surface area contributed by atoms with Crippen LogP contribution in [-0.2, 0) is 0 Å². The van der Waals surface area contributed by atoms with Gasteiger partial charge in [-0.2, -0.15) is 0 Å². The maximum atomic E-state index is 2.44. The Morgan fingerprint density at radius 3 is 1.53 bits per heavy atom. The van der Waals surface area contributed by atoms with Crippen molar-refractivity contribution < 1.29 is 0 Å². The molecule has 15 heavy (non-hydrogen) atoms. The molecule has 0 radical (unpaired) electrons. The number of hydrogen-bond acceptors (Lipinski definition) is 0. The lowest BCUT2D eigenvalue weighted by molar-refractivity contribution is 0.353. The van der Waals surface area contributed by atoms with Gasteiger partial charge in [0.2, 0.25) is 0 Å². The van der Waals surface area contributed by atoms with E-state index in [0.29, 0.717) is 0 Å². The summed E-state index contributed by atoms with van der Waals surface area (Å²) in [5.74, 6) is 2.86. The zero-order chi connectivity index (χ0) is 11.7. The smallest absolute Gasteiger partial charge is 0.0419 e. The Balaban J connectivity index is 3.51. The van der Waals surface area contributed by atoms with Crippen LogP contribution in [0.15, 0.2) is 0 Å². The summed E-state index contributed by atoms with van der Waals surface area (Å²) >= 11 is 0. The lowest BCUT2D eigenvalue weighted by atomic mass is 9.89. The summed E-state index contributed by atoms with van der Waals surface area (Å²) in [6, 6.07) is 0. The second kappa shape index (κ2) is 9.24. The van der Waals surface area contributed by atoms with Gasteiger partial charge in [-0.05, 0) is 17.8 Å². The molecule has 92 valence electrons. The van der Waals surface area contributed by atoms with Crippen LogP contribution < -0.4 is 0 Å². The first kappa shape index (κ1) is 15.0. The van der Waals surface area contributed by atoms with Crippen LogP contribution in [0, 0.1) is 17.8 Å². The first-order valence-electron chi connectivity index (χ1n) is 7.13. The zero-order valence-electron chi connectivity index (χ0n) is 11.7. The van der Waals surface area contributed by atoms with Gasteiger partial charge in [0.25, 0.3) is 0 Å². The highest BCUT2D eigenvalue weighted by molar-refractivity contribution is 4.61. The standard InChI is InChI=1S/C15H32/c1-6-13(4)9-10-14(5)11-12-15(7-2)8-3/h13-15H,6-12H2,1-5H3. The highest BCUT2D eigenvalue weighted by Crippen LogP contribution is 2.23. The Bertz CT molecular complexity index is 124. The topological polar surface area (TPSA) is 0 Å². The first-order chi connectivity index (χ1) is 7.13. The first-order valence-corrected chi connectivity index (χ1v) is 7.13. The monoisotopic (exact) mass is 212 g/mol. The Labute approximate surface area is 97.8 Å². The predicted molar refractivity (Wildman–Crippen MR) is 71.2 cm³/mol. The molecular formula is C15H32. The van der Waals surface area contributed by atoms with Crippen molar-refractivity contribution in [2.24, 2.45) is 17.8 Å². The van der Waals surface area contributed by atoms with Crippen molar-refractivity contribution in [1.82, 2.24) is 0 Å². The third-order valence-corrected chi connectivity index (χ3v) is 4.07. The third kappa shape index (κ3) is 7.88. The van der Waals surface area contributed by atoms with Crippen LogP contribution in [0.5, 0.6) is 0 Å². The molecule has 2 atom stereocenters. The fraction of sp³-hybridized carbons (Fsp3) is 1.00. The van der Waals surface area contributed by atoms with Gasteiger partial charge in [0.05, 0.1) is 0 Å². The van der Waals surface area contributed by atoms with E-state index in [1.54, 1.807) is 0 Å². The fourth-order valence-electron chi connectivity index (χ4n) is 2.13. The Kier molecular flexibility index (Phi) is 9.24. The summed E-state index contributed by atoms with van der Waals surface area (Å²) in [5.41, 5.74) is 0. The molecule has 0 aliphatic rings. The summed E-state index contributed by atoms with van der Waals surface area (Å²) in [6.07, 6.45) is 9.86. The molecule has 0 heteroatoms. The van der Waals surface area contributed by atoms with Gasteiger partial charge in [-0.1, -0.05) is 79.6 Å². The number of rotatable bonds is 9. The molecular weight excluding hydrogens is 180 g/mol. The molecule has 0 aromatic rings.